The number of sulfonamides is 1. The van der Waals surface area contributed by atoms with Gasteiger partial charge in [-0.15, -0.1) is 0 Å². The van der Waals surface area contributed by atoms with Crippen LogP contribution in [-0.2, 0) is 10.0 Å². The summed E-state index contributed by atoms with van der Waals surface area (Å²) in [4.78, 5) is 3.88. The fourth-order valence-electron chi connectivity index (χ4n) is 1.41. The second-order valence-electron chi connectivity index (χ2n) is 3.54. The van der Waals surface area contributed by atoms with Crippen LogP contribution >= 0.6 is 0 Å². The molecule has 2 N–H and O–H groups in total. The fourth-order valence-corrected chi connectivity index (χ4v) is 2.55. The molecule has 90 valence electrons. The molecule has 0 aliphatic heterocycles. The molecule has 1 unspecified atom stereocenters. The molecule has 0 radical (unpaired) electrons. The number of aromatic nitrogens is 3. The largest absolute Gasteiger partial charge is 0.266 e. The Morgan fingerprint density at radius 2 is 1.94 bits per heavy atom. The molecule has 1 atom stereocenters. The molecule has 2 heterocycles. The summed E-state index contributed by atoms with van der Waals surface area (Å²) >= 11 is 0. The summed E-state index contributed by atoms with van der Waals surface area (Å²) in [6.07, 6.45) is 4.64. The van der Waals surface area contributed by atoms with Gasteiger partial charge in [-0.05, 0) is 30.7 Å². The molecule has 2 aromatic rings. The van der Waals surface area contributed by atoms with Crippen LogP contribution < -0.4 is 4.72 Å². The molecule has 17 heavy (non-hydrogen) atoms. The van der Waals surface area contributed by atoms with E-state index in [-0.39, 0.29) is 11.1 Å². The molecule has 0 aliphatic rings. The van der Waals surface area contributed by atoms with E-state index >= 15 is 0 Å². The third-order valence-corrected chi connectivity index (χ3v) is 3.77. The summed E-state index contributed by atoms with van der Waals surface area (Å²) in [6, 6.07) is 4.60. The van der Waals surface area contributed by atoms with Crippen molar-refractivity contribution in [3.63, 3.8) is 0 Å². The predicted octanol–water partition coefficient (Wildman–Crippen LogP) is 0.844. The minimum absolute atomic E-state index is 0.0541. The van der Waals surface area contributed by atoms with Crippen molar-refractivity contribution in [2.24, 2.45) is 0 Å². The quantitative estimate of drug-likeness (QED) is 0.844. The Kier molecular flexibility index (Phi) is 3.21. The SMILES string of the molecule is CC(NS(=O)(=O)c1ccn[nH]1)c1ccncc1. The highest BCUT2D eigenvalue weighted by Gasteiger charge is 2.19. The average Bonchev–Trinajstić information content (AvgIpc) is 2.84. The van der Waals surface area contributed by atoms with E-state index in [0.717, 1.165) is 5.56 Å². The van der Waals surface area contributed by atoms with Gasteiger partial charge in [0.25, 0.3) is 10.0 Å². The fraction of sp³-hybridized carbons (Fsp3) is 0.200. The van der Waals surface area contributed by atoms with Gasteiger partial charge in [0.05, 0.1) is 6.20 Å². The Morgan fingerprint density at radius 3 is 2.53 bits per heavy atom. The van der Waals surface area contributed by atoms with Gasteiger partial charge in [-0.3, -0.25) is 10.1 Å². The van der Waals surface area contributed by atoms with Gasteiger partial charge in [-0.25, -0.2) is 13.1 Å². The molecule has 7 heteroatoms. The summed E-state index contributed by atoms with van der Waals surface area (Å²) < 4.78 is 26.3. The third kappa shape index (κ3) is 2.69. The lowest BCUT2D eigenvalue weighted by Gasteiger charge is -2.13. The molecule has 0 saturated carbocycles. The first kappa shape index (κ1) is 11.7. The molecule has 0 fully saturated rings. The first-order chi connectivity index (χ1) is 8.09. The van der Waals surface area contributed by atoms with E-state index in [1.54, 1.807) is 31.5 Å². The topological polar surface area (TPSA) is 87.7 Å². The first-order valence-electron chi connectivity index (χ1n) is 5.01. The summed E-state index contributed by atoms with van der Waals surface area (Å²) in [6.45, 7) is 1.77. The highest BCUT2D eigenvalue weighted by atomic mass is 32.2. The molecular formula is C10H12N4O2S. The Hall–Kier alpha value is -1.73. The number of H-pyrrole nitrogens is 1. The number of pyridine rings is 1. The maximum Gasteiger partial charge on any atom is 0.258 e. The van der Waals surface area contributed by atoms with Crippen molar-refractivity contribution in [3.8, 4) is 0 Å². The maximum atomic E-state index is 11.9. The van der Waals surface area contributed by atoms with Crippen molar-refractivity contribution in [2.75, 3.05) is 0 Å². The van der Waals surface area contributed by atoms with Crippen LogP contribution in [0.4, 0.5) is 0 Å². The number of nitrogens with one attached hydrogen (secondary N) is 2. The molecule has 0 aromatic carbocycles. The number of hydrogen-bond donors (Lipinski definition) is 2. The lowest BCUT2D eigenvalue weighted by atomic mass is 10.1. The third-order valence-electron chi connectivity index (χ3n) is 2.30. The van der Waals surface area contributed by atoms with Crippen LogP contribution in [0.5, 0.6) is 0 Å². The van der Waals surface area contributed by atoms with Crippen LogP contribution in [0.2, 0.25) is 0 Å². The van der Waals surface area contributed by atoms with E-state index in [4.69, 9.17) is 0 Å². The number of aromatic amines is 1. The van der Waals surface area contributed by atoms with Crippen LogP contribution in [0.15, 0.2) is 41.8 Å². The maximum absolute atomic E-state index is 11.9. The minimum Gasteiger partial charge on any atom is -0.266 e. The van der Waals surface area contributed by atoms with Gasteiger partial charge in [0, 0.05) is 18.4 Å². The van der Waals surface area contributed by atoms with Crippen LogP contribution in [0, 0.1) is 0 Å². The molecule has 2 aromatic heterocycles. The molecule has 0 aliphatic carbocycles. The number of rotatable bonds is 4. The van der Waals surface area contributed by atoms with Gasteiger partial charge in [-0.2, -0.15) is 5.10 Å². The van der Waals surface area contributed by atoms with E-state index in [2.05, 4.69) is 19.9 Å². The van der Waals surface area contributed by atoms with Crippen LogP contribution in [0.1, 0.15) is 18.5 Å². The molecule has 0 bridgehead atoms. The van der Waals surface area contributed by atoms with Gasteiger partial charge in [-0.1, -0.05) is 0 Å². The Bertz CT molecular complexity index is 566. The summed E-state index contributed by atoms with van der Waals surface area (Å²) in [7, 11) is -3.55. The minimum atomic E-state index is -3.55. The molecule has 2 rings (SSSR count). The monoisotopic (exact) mass is 252 g/mol. The number of nitrogens with zero attached hydrogens (tertiary/aromatic N) is 2. The molecule has 0 amide bonds. The summed E-state index contributed by atoms with van der Waals surface area (Å²) in [5.74, 6) is 0. The van der Waals surface area contributed by atoms with E-state index in [1.165, 1.54) is 12.3 Å². The van der Waals surface area contributed by atoms with Gasteiger partial charge >= 0.3 is 0 Å². The predicted molar refractivity (Wildman–Crippen MR) is 61.6 cm³/mol. The van der Waals surface area contributed by atoms with Crippen molar-refractivity contribution in [3.05, 3.63) is 42.4 Å². The zero-order chi connectivity index (χ0) is 12.3. The van der Waals surface area contributed by atoms with Gasteiger partial charge in [0.15, 0.2) is 5.03 Å². The summed E-state index contributed by atoms with van der Waals surface area (Å²) in [5.41, 5.74) is 0.850. The van der Waals surface area contributed by atoms with Crippen molar-refractivity contribution in [1.82, 2.24) is 19.9 Å². The lowest BCUT2D eigenvalue weighted by Crippen LogP contribution is -2.27. The zero-order valence-corrected chi connectivity index (χ0v) is 9.98. The smallest absolute Gasteiger partial charge is 0.258 e. The second-order valence-corrected chi connectivity index (χ2v) is 5.23. The van der Waals surface area contributed by atoms with E-state index in [1.807, 2.05) is 0 Å². The molecule has 0 spiro atoms. The zero-order valence-electron chi connectivity index (χ0n) is 9.16. The van der Waals surface area contributed by atoms with Crippen LogP contribution in [-0.4, -0.2) is 23.6 Å². The van der Waals surface area contributed by atoms with Crippen molar-refractivity contribution in [2.45, 2.75) is 18.0 Å². The van der Waals surface area contributed by atoms with E-state index < -0.39 is 10.0 Å². The van der Waals surface area contributed by atoms with E-state index in [0.29, 0.717) is 0 Å². The van der Waals surface area contributed by atoms with Crippen molar-refractivity contribution >= 4 is 10.0 Å². The standard InChI is InChI=1S/C10H12N4O2S/c1-8(9-2-5-11-6-3-9)14-17(15,16)10-4-7-12-13-10/h2-8,14H,1H3,(H,12,13). The Labute approximate surface area is 99.1 Å². The lowest BCUT2D eigenvalue weighted by molar-refractivity contribution is 0.562. The summed E-state index contributed by atoms with van der Waals surface area (Å²) in [5, 5.41) is 6.09. The van der Waals surface area contributed by atoms with Crippen molar-refractivity contribution in [1.29, 1.82) is 0 Å². The average molecular weight is 252 g/mol. The highest BCUT2D eigenvalue weighted by molar-refractivity contribution is 7.89. The van der Waals surface area contributed by atoms with Gasteiger partial charge in [0.1, 0.15) is 0 Å². The van der Waals surface area contributed by atoms with Crippen LogP contribution in [0.3, 0.4) is 0 Å². The molecule has 0 saturated heterocycles. The Balaban J connectivity index is 2.17. The van der Waals surface area contributed by atoms with Crippen LogP contribution in [0.25, 0.3) is 0 Å². The normalized spacial score (nSPS) is 13.5. The van der Waals surface area contributed by atoms with Gasteiger partial charge < -0.3 is 0 Å². The Morgan fingerprint density at radius 1 is 1.24 bits per heavy atom. The highest BCUT2D eigenvalue weighted by Crippen LogP contribution is 2.14. The molecular weight excluding hydrogens is 240 g/mol. The van der Waals surface area contributed by atoms with Crippen molar-refractivity contribution < 1.29 is 8.42 Å². The van der Waals surface area contributed by atoms with Gasteiger partial charge in [0.2, 0.25) is 0 Å². The molecule has 6 nitrogen and oxygen atoms in total. The second kappa shape index (κ2) is 4.64. The first-order valence-corrected chi connectivity index (χ1v) is 6.49. The number of hydrogen-bond acceptors (Lipinski definition) is 4. The van der Waals surface area contributed by atoms with E-state index in [9.17, 15) is 8.42 Å².